The third kappa shape index (κ3) is 2.75. The van der Waals surface area contributed by atoms with Crippen molar-refractivity contribution in [3.63, 3.8) is 0 Å². The third-order valence-corrected chi connectivity index (χ3v) is 3.82. The zero-order valence-electron chi connectivity index (χ0n) is 11.8. The number of hydrogen-bond donors (Lipinski definition) is 1. The monoisotopic (exact) mass is 301 g/mol. The van der Waals surface area contributed by atoms with E-state index in [0.29, 0.717) is 18.0 Å². The molecule has 2 heterocycles. The molecule has 0 aliphatic carbocycles. The van der Waals surface area contributed by atoms with Crippen LogP contribution in [-0.4, -0.2) is 24.2 Å². The van der Waals surface area contributed by atoms with Crippen LogP contribution >= 0.6 is 11.3 Å². The average molecular weight is 301 g/mol. The minimum atomic E-state index is 0.643. The van der Waals surface area contributed by atoms with Gasteiger partial charge in [-0.3, -0.25) is 0 Å². The molecule has 0 aliphatic heterocycles. The molecule has 6 heteroatoms. The van der Waals surface area contributed by atoms with E-state index in [1.807, 2.05) is 29.1 Å². The van der Waals surface area contributed by atoms with Crippen LogP contribution < -0.4 is 14.8 Å². The number of nitrogens with one attached hydrogen (secondary N) is 1. The van der Waals surface area contributed by atoms with Gasteiger partial charge in [0.1, 0.15) is 5.82 Å². The number of methoxy groups -OCH3 is 2. The predicted octanol–water partition coefficient (Wildman–Crippen LogP) is 3.32. The molecule has 108 valence electrons. The fourth-order valence-corrected chi connectivity index (χ4v) is 2.70. The summed E-state index contributed by atoms with van der Waals surface area (Å²) in [6.45, 7) is 0.643. The molecule has 0 fully saturated rings. The fraction of sp³-hybridized carbons (Fsp3) is 0.200. The van der Waals surface area contributed by atoms with Crippen molar-refractivity contribution < 1.29 is 9.47 Å². The molecule has 0 atom stereocenters. The molecule has 21 heavy (non-hydrogen) atoms. The van der Waals surface area contributed by atoms with Gasteiger partial charge >= 0.3 is 0 Å². The molecule has 3 rings (SSSR count). The molecule has 5 nitrogen and oxygen atoms in total. The molecular weight excluding hydrogens is 286 g/mol. The maximum Gasteiger partial charge on any atom is 0.161 e. The summed E-state index contributed by atoms with van der Waals surface area (Å²) in [4.78, 5) is 8.66. The molecular formula is C15H15N3O2S. The van der Waals surface area contributed by atoms with Gasteiger partial charge in [-0.25, -0.2) is 9.97 Å². The van der Waals surface area contributed by atoms with E-state index in [4.69, 9.17) is 9.47 Å². The molecule has 0 saturated heterocycles. The molecule has 0 unspecified atom stereocenters. The molecule has 2 aromatic heterocycles. The van der Waals surface area contributed by atoms with Gasteiger partial charge in [0.15, 0.2) is 11.5 Å². The van der Waals surface area contributed by atoms with Gasteiger partial charge in [0.25, 0.3) is 0 Å². The summed E-state index contributed by atoms with van der Waals surface area (Å²) < 4.78 is 10.7. The lowest BCUT2D eigenvalue weighted by molar-refractivity contribution is 0.356. The number of aromatic nitrogens is 2. The van der Waals surface area contributed by atoms with Gasteiger partial charge in [-0.15, -0.1) is 11.3 Å². The summed E-state index contributed by atoms with van der Waals surface area (Å²) in [7, 11) is 3.26. The Hall–Kier alpha value is -2.34. The van der Waals surface area contributed by atoms with Crippen LogP contribution in [0.1, 0.15) is 5.69 Å². The summed E-state index contributed by atoms with van der Waals surface area (Å²) >= 11 is 1.58. The lowest BCUT2D eigenvalue weighted by Gasteiger charge is -2.12. The second-order valence-electron chi connectivity index (χ2n) is 4.42. The van der Waals surface area contributed by atoms with Crippen LogP contribution in [-0.2, 0) is 6.54 Å². The quantitative estimate of drug-likeness (QED) is 0.783. The van der Waals surface area contributed by atoms with Gasteiger partial charge in [-0.1, -0.05) is 0 Å². The first-order chi connectivity index (χ1) is 10.3. The van der Waals surface area contributed by atoms with Crippen molar-refractivity contribution in [1.82, 2.24) is 9.97 Å². The number of thiazole rings is 1. The molecule has 0 bridgehead atoms. The number of anilines is 1. The Morgan fingerprint density at radius 3 is 2.67 bits per heavy atom. The van der Waals surface area contributed by atoms with Crippen LogP contribution in [0.25, 0.3) is 10.8 Å². The lowest BCUT2D eigenvalue weighted by atomic mass is 10.1. The maximum atomic E-state index is 5.36. The zero-order valence-corrected chi connectivity index (χ0v) is 12.6. The van der Waals surface area contributed by atoms with Crippen molar-refractivity contribution in [3.05, 3.63) is 41.0 Å². The average Bonchev–Trinajstić information content (AvgIpc) is 3.04. The van der Waals surface area contributed by atoms with Gasteiger partial charge in [0, 0.05) is 17.0 Å². The Bertz CT molecular complexity index is 744. The van der Waals surface area contributed by atoms with Crippen molar-refractivity contribution in [2.75, 3.05) is 19.5 Å². The van der Waals surface area contributed by atoms with Crippen LogP contribution in [0.2, 0.25) is 0 Å². The van der Waals surface area contributed by atoms with Crippen molar-refractivity contribution in [3.8, 4) is 11.5 Å². The first-order valence-corrected chi connectivity index (χ1v) is 7.38. The molecule has 0 radical (unpaired) electrons. The van der Waals surface area contributed by atoms with Crippen LogP contribution in [0.15, 0.2) is 35.3 Å². The summed E-state index contributed by atoms with van der Waals surface area (Å²) in [6, 6.07) is 5.83. The van der Waals surface area contributed by atoms with E-state index in [1.54, 1.807) is 31.8 Å². The normalized spacial score (nSPS) is 10.6. The van der Waals surface area contributed by atoms with Crippen molar-refractivity contribution in [1.29, 1.82) is 0 Å². The molecule has 0 amide bonds. The van der Waals surface area contributed by atoms with Gasteiger partial charge in [0.2, 0.25) is 0 Å². The molecule has 0 saturated carbocycles. The van der Waals surface area contributed by atoms with Crippen LogP contribution in [0, 0.1) is 0 Å². The molecule has 0 aliphatic rings. The van der Waals surface area contributed by atoms with Crippen molar-refractivity contribution >= 4 is 27.9 Å². The smallest absolute Gasteiger partial charge is 0.161 e. The van der Waals surface area contributed by atoms with E-state index in [0.717, 1.165) is 22.3 Å². The summed E-state index contributed by atoms with van der Waals surface area (Å²) in [5.74, 6) is 2.21. The van der Waals surface area contributed by atoms with Crippen LogP contribution in [0.3, 0.4) is 0 Å². The number of nitrogens with zero attached hydrogens (tertiary/aromatic N) is 2. The Balaban J connectivity index is 1.98. The first kappa shape index (κ1) is 13.6. The Labute approximate surface area is 126 Å². The number of ether oxygens (including phenoxy) is 2. The minimum Gasteiger partial charge on any atom is -0.493 e. The Morgan fingerprint density at radius 1 is 1.14 bits per heavy atom. The molecule has 1 aromatic carbocycles. The van der Waals surface area contributed by atoms with Gasteiger partial charge in [0.05, 0.1) is 32.0 Å². The summed E-state index contributed by atoms with van der Waals surface area (Å²) in [5, 5.41) is 7.37. The highest BCUT2D eigenvalue weighted by Crippen LogP contribution is 2.34. The summed E-state index contributed by atoms with van der Waals surface area (Å²) in [5.41, 5.74) is 2.82. The van der Waals surface area contributed by atoms with Crippen molar-refractivity contribution in [2.24, 2.45) is 0 Å². The fourth-order valence-electron chi connectivity index (χ4n) is 2.14. The Kier molecular flexibility index (Phi) is 3.87. The number of fused-ring (bicyclic) bond motifs is 1. The topological polar surface area (TPSA) is 56.3 Å². The molecule has 1 N–H and O–H groups in total. The number of benzene rings is 1. The second-order valence-corrected chi connectivity index (χ2v) is 5.14. The maximum absolute atomic E-state index is 5.36. The third-order valence-electron chi connectivity index (χ3n) is 3.19. The van der Waals surface area contributed by atoms with Gasteiger partial charge in [-0.2, -0.15) is 0 Å². The standard InChI is InChI=1S/C15H15N3O2S/c1-19-13-5-10-3-4-16-15(12(10)6-14(13)20-2)17-7-11-8-21-9-18-11/h3-6,8-9H,7H2,1-2H3,(H,16,17). The molecule has 3 aromatic rings. The highest BCUT2D eigenvalue weighted by Gasteiger charge is 2.09. The number of pyridine rings is 1. The zero-order chi connectivity index (χ0) is 14.7. The number of rotatable bonds is 5. The van der Waals surface area contributed by atoms with Gasteiger partial charge < -0.3 is 14.8 Å². The largest absolute Gasteiger partial charge is 0.493 e. The number of hydrogen-bond acceptors (Lipinski definition) is 6. The van der Waals surface area contributed by atoms with Gasteiger partial charge in [-0.05, 0) is 23.6 Å². The van der Waals surface area contributed by atoms with E-state index in [2.05, 4.69) is 15.3 Å². The lowest BCUT2D eigenvalue weighted by Crippen LogP contribution is -2.02. The van der Waals surface area contributed by atoms with E-state index in [-0.39, 0.29) is 0 Å². The minimum absolute atomic E-state index is 0.643. The predicted molar refractivity (Wildman–Crippen MR) is 84.3 cm³/mol. The van der Waals surface area contributed by atoms with E-state index >= 15 is 0 Å². The highest BCUT2D eigenvalue weighted by molar-refractivity contribution is 7.07. The second kappa shape index (κ2) is 5.97. The van der Waals surface area contributed by atoms with E-state index in [9.17, 15) is 0 Å². The highest BCUT2D eigenvalue weighted by atomic mass is 32.1. The first-order valence-electron chi connectivity index (χ1n) is 6.43. The summed E-state index contributed by atoms with van der Waals surface area (Å²) in [6.07, 6.45) is 1.78. The van der Waals surface area contributed by atoms with Crippen LogP contribution in [0.5, 0.6) is 11.5 Å². The Morgan fingerprint density at radius 2 is 1.95 bits per heavy atom. The van der Waals surface area contributed by atoms with E-state index in [1.165, 1.54) is 0 Å². The van der Waals surface area contributed by atoms with Crippen LogP contribution in [0.4, 0.5) is 5.82 Å². The molecule has 0 spiro atoms. The van der Waals surface area contributed by atoms with E-state index < -0.39 is 0 Å². The van der Waals surface area contributed by atoms with Crippen molar-refractivity contribution in [2.45, 2.75) is 6.54 Å². The SMILES string of the molecule is COc1cc2ccnc(NCc3cscn3)c2cc1OC.